The van der Waals surface area contributed by atoms with Gasteiger partial charge in [0.15, 0.2) is 0 Å². The molecule has 0 N–H and O–H groups in total. The van der Waals surface area contributed by atoms with Crippen molar-refractivity contribution in [3.05, 3.63) is 71.4 Å². The Balaban J connectivity index is 2.10. The number of rotatable bonds is 2. The lowest BCUT2D eigenvalue weighted by Crippen LogP contribution is -2.49. The van der Waals surface area contributed by atoms with Gasteiger partial charge < -0.3 is 9.47 Å². The molecule has 0 radical (unpaired) electrons. The Morgan fingerprint density at radius 2 is 1.73 bits per heavy atom. The van der Waals surface area contributed by atoms with Gasteiger partial charge in [-0.05, 0) is 11.6 Å². The first-order chi connectivity index (χ1) is 12.5. The number of hydrogen-bond donors (Lipinski definition) is 0. The molecule has 3 aromatic rings. The largest absolute Gasteiger partial charge is 0.339 e. The van der Waals surface area contributed by atoms with Gasteiger partial charge in [-0.2, -0.15) is 5.26 Å². The van der Waals surface area contributed by atoms with E-state index in [4.69, 9.17) is 0 Å². The van der Waals surface area contributed by atoms with Gasteiger partial charge in [-0.3, -0.25) is 4.79 Å². The summed E-state index contributed by atoms with van der Waals surface area (Å²) >= 11 is 0. The number of nitrogens with zero attached hydrogens (tertiary/aromatic N) is 3. The van der Waals surface area contributed by atoms with E-state index in [1.165, 1.54) is 0 Å². The molecule has 4 heteroatoms. The summed E-state index contributed by atoms with van der Waals surface area (Å²) in [6.45, 7) is 2.11. The van der Waals surface area contributed by atoms with Crippen LogP contribution in [0, 0.1) is 11.3 Å². The molecule has 4 nitrogen and oxygen atoms in total. The maximum atomic E-state index is 13.3. The monoisotopic (exact) mass is 343 g/mol. The minimum absolute atomic E-state index is 0.00275. The summed E-state index contributed by atoms with van der Waals surface area (Å²) in [7, 11) is 3.78. The number of fused-ring (bicyclic) bond motifs is 3. The van der Waals surface area contributed by atoms with Crippen LogP contribution in [-0.4, -0.2) is 22.4 Å². The second kappa shape index (κ2) is 5.74. The van der Waals surface area contributed by atoms with Crippen LogP contribution in [-0.2, 0) is 12.5 Å². The van der Waals surface area contributed by atoms with Crippen LogP contribution in [0.2, 0.25) is 0 Å². The van der Waals surface area contributed by atoms with Crippen molar-refractivity contribution in [2.24, 2.45) is 7.05 Å². The number of carbonyl (C=O) groups excluding carboxylic acids is 1. The highest BCUT2D eigenvalue weighted by molar-refractivity contribution is 6.04. The molecule has 0 spiro atoms. The van der Waals surface area contributed by atoms with Gasteiger partial charge in [-0.15, -0.1) is 0 Å². The Morgan fingerprint density at radius 1 is 1.08 bits per heavy atom. The third-order valence-corrected chi connectivity index (χ3v) is 5.75. The molecule has 0 saturated heterocycles. The predicted molar refractivity (Wildman–Crippen MR) is 102 cm³/mol. The number of para-hydroxylation sites is 1. The Morgan fingerprint density at radius 3 is 2.42 bits per heavy atom. The third-order valence-electron chi connectivity index (χ3n) is 5.75. The summed E-state index contributed by atoms with van der Waals surface area (Å²) in [5, 5.41) is 10.7. The quantitative estimate of drug-likeness (QED) is 0.701. The standard InChI is InChI=1S/C22H21N3O/c1-22(13-14-23)18-16-11-7-8-12-17(16)24(2)19(18)21(26)25(3)20(22)15-9-5-4-6-10-15/h4-12,20H,13H2,1-3H3/t20-,22-/m1/s1. The van der Waals surface area contributed by atoms with Crippen molar-refractivity contribution in [1.29, 1.82) is 5.26 Å². The number of nitriles is 1. The molecule has 0 aliphatic carbocycles. The highest BCUT2D eigenvalue weighted by Gasteiger charge is 2.49. The minimum Gasteiger partial charge on any atom is -0.339 e. The van der Waals surface area contributed by atoms with E-state index in [-0.39, 0.29) is 11.9 Å². The lowest BCUT2D eigenvalue weighted by atomic mass is 9.67. The summed E-state index contributed by atoms with van der Waals surface area (Å²) in [6, 6.07) is 20.3. The van der Waals surface area contributed by atoms with E-state index in [0.717, 1.165) is 22.0 Å². The van der Waals surface area contributed by atoms with Crippen molar-refractivity contribution in [2.45, 2.75) is 24.8 Å². The van der Waals surface area contributed by atoms with E-state index in [1.54, 1.807) is 4.90 Å². The molecule has 130 valence electrons. The van der Waals surface area contributed by atoms with Crippen LogP contribution >= 0.6 is 0 Å². The molecule has 1 aromatic heterocycles. The fourth-order valence-corrected chi connectivity index (χ4v) is 4.65. The number of aryl methyl sites for hydroxylation is 1. The first-order valence-electron chi connectivity index (χ1n) is 8.77. The average molecular weight is 343 g/mol. The number of benzene rings is 2. The van der Waals surface area contributed by atoms with Gasteiger partial charge in [0.25, 0.3) is 5.91 Å². The zero-order chi connectivity index (χ0) is 18.5. The van der Waals surface area contributed by atoms with Gasteiger partial charge in [-0.25, -0.2) is 0 Å². The van der Waals surface area contributed by atoms with Crippen LogP contribution in [0.1, 0.15) is 41.0 Å². The zero-order valence-corrected chi connectivity index (χ0v) is 15.2. The maximum Gasteiger partial charge on any atom is 0.271 e. The van der Waals surface area contributed by atoms with Crippen LogP contribution in [0.4, 0.5) is 0 Å². The molecular formula is C22H21N3O. The van der Waals surface area contributed by atoms with Gasteiger partial charge >= 0.3 is 0 Å². The predicted octanol–water partition coefficient (Wildman–Crippen LogP) is 4.18. The Kier molecular flexibility index (Phi) is 3.62. The van der Waals surface area contributed by atoms with Crippen LogP contribution in [0.5, 0.6) is 0 Å². The van der Waals surface area contributed by atoms with Crippen LogP contribution in [0.15, 0.2) is 54.6 Å². The van der Waals surface area contributed by atoms with Crippen molar-refractivity contribution in [3.63, 3.8) is 0 Å². The summed E-state index contributed by atoms with van der Waals surface area (Å²) < 4.78 is 1.97. The van der Waals surface area contributed by atoms with E-state index in [9.17, 15) is 10.1 Å². The topological polar surface area (TPSA) is 49.0 Å². The third kappa shape index (κ3) is 2.04. The van der Waals surface area contributed by atoms with E-state index in [0.29, 0.717) is 12.1 Å². The van der Waals surface area contributed by atoms with Crippen LogP contribution < -0.4 is 0 Å². The van der Waals surface area contributed by atoms with E-state index in [2.05, 4.69) is 19.1 Å². The fraction of sp³-hybridized carbons (Fsp3) is 0.273. The fourth-order valence-electron chi connectivity index (χ4n) is 4.65. The first-order valence-corrected chi connectivity index (χ1v) is 8.77. The Bertz CT molecular complexity index is 1040. The van der Waals surface area contributed by atoms with E-state index >= 15 is 0 Å². The normalized spacial score (nSPS) is 22.3. The Hall–Kier alpha value is -3.06. The van der Waals surface area contributed by atoms with Crippen molar-refractivity contribution >= 4 is 16.8 Å². The van der Waals surface area contributed by atoms with Gasteiger partial charge in [-0.1, -0.05) is 55.5 Å². The number of amides is 1. The molecule has 2 aromatic carbocycles. The van der Waals surface area contributed by atoms with Gasteiger partial charge in [0.1, 0.15) is 5.69 Å². The van der Waals surface area contributed by atoms with Crippen molar-refractivity contribution in [3.8, 4) is 6.07 Å². The van der Waals surface area contributed by atoms with Crippen molar-refractivity contribution < 1.29 is 4.79 Å². The van der Waals surface area contributed by atoms with Crippen LogP contribution in [0.3, 0.4) is 0 Å². The molecule has 4 rings (SSSR count). The minimum atomic E-state index is -0.491. The smallest absolute Gasteiger partial charge is 0.271 e. The number of carbonyl (C=O) groups is 1. The average Bonchev–Trinajstić information content (AvgIpc) is 2.95. The molecule has 2 heterocycles. The molecule has 0 unspecified atom stereocenters. The molecule has 2 atom stereocenters. The Labute approximate surface area is 153 Å². The maximum absolute atomic E-state index is 13.3. The van der Waals surface area contributed by atoms with Gasteiger partial charge in [0, 0.05) is 42.4 Å². The second-order valence-corrected chi connectivity index (χ2v) is 7.28. The summed E-state index contributed by atoms with van der Waals surface area (Å²) in [5.74, 6) is 0.00275. The molecular weight excluding hydrogens is 322 g/mol. The van der Waals surface area contributed by atoms with E-state index < -0.39 is 5.41 Å². The summed E-state index contributed by atoms with van der Waals surface area (Å²) in [6.07, 6.45) is 0.338. The number of hydrogen-bond acceptors (Lipinski definition) is 2. The SMILES string of the molecule is CN1C(=O)c2c(c3ccccc3n2C)[C@@](C)(CC#N)[C@H]1c1ccccc1. The molecule has 1 aliphatic rings. The lowest BCUT2D eigenvalue weighted by Gasteiger charge is -2.46. The molecule has 1 amide bonds. The summed E-state index contributed by atoms with van der Waals surface area (Å²) in [5.41, 5.74) is 3.28. The van der Waals surface area contributed by atoms with Crippen molar-refractivity contribution in [2.75, 3.05) is 7.05 Å². The van der Waals surface area contributed by atoms with Crippen molar-refractivity contribution in [1.82, 2.24) is 9.47 Å². The van der Waals surface area contributed by atoms with Crippen LogP contribution in [0.25, 0.3) is 10.9 Å². The number of aromatic nitrogens is 1. The molecule has 0 saturated carbocycles. The number of likely N-dealkylation sites (N-methyl/N-ethyl adjacent to an activating group) is 1. The van der Waals surface area contributed by atoms with E-state index in [1.807, 2.05) is 67.2 Å². The summed E-state index contributed by atoms with van der Waals surface area (Å²) in [4.78, 5) is 15.1. The molecule has 26 heavy (non-hydrogen) atoms. The van der Waals surface area contributed by atoms with Gasteiger partial charge in [0.2, 0.25) is 0 Å². The molecule has 1 aliphatic heterocycles. The second-order valence-electron chi connectivity index (χ2n) is 7.28. The highest BCUT2D eigenvalue weighted by Crippen LogP contribution is 2.51. The van der Waals surface area contributed by atoms with Gasteiger partial charge in [0.05, 0.1) is 12.1 Å². The molecule has 0 bridgehead atoms. The molecule has 0 fully saturated rings. The highest BCUT2D eigenvalue weighted by atomic mass is 16.2. The first kappa shape index (κ1) is 16.4. The zero-order valence-electron chi connectivity index (χ0n) is 15.2. The lowest BCUT2D eigenvalue weighted by molar-refractivity contribution is 0.0583.